The zero-order chi connectivity index (χ0) is 30.6. The van der Waals surface area contributed by atoms with E-state index in [0.29, 0.717) is 28.9 Å². The number of quaternary nitrogens is 1. The quantitative estimate of drug-likeness (QED) is 0.161. The third-order valence-corrected chi connectivity index (χ3v) is 9.06. The third kappa shape index (κ3) is 4.94. The van der Waals surface area contributed by atoms with Crippen molar-refractivity contribution in [1.29, 1.82) is 0 Å². The van der Waals surface area contributed by atoms with Crippen LogP contribution in [0.15, 0.2) is 48.5 Å². The molecule has 43 heavy (non-hydrogen) atoms. The first kappa shape index (κ1) is 29.5. The summed E-state index contributed by atoms with van der Waals surface area (Å²) in [6.07, 6.45) is -6.78. The lowest BCUT2D eigenvalue weighted by atomic mass is 9.78. The summed E-state index contributed by atoms with van der Waals surface area (Å²) in [6.45, 7) is -0.457. The molecule has 7 N–H and O–H groups in total. The summed E-state index contributed by atoms with van der Waals surface area (Å²) < 4.78 is 15.9. The van der Waals surface area contributed by atoms with Crippen LogP contribution in [-0.2, 0) is 24.0 Å². The van der Waals surface area contributed by atoms with Gasteiger partial charge in [-0.05, 0) is 47.0 Å². The predicted molar refractivity (Wildman–Crippen MR) is 150 cm³/mol. The fourth-order valence-corrected chi connectivity index (χ4v) is 6.74. The second-order valence-electron chi connectivity index (χ2n) is 11.5. The molecule has 12 heteroatoms. The van der Waals surface area contributed by atoms with Crippen molar-refractivity contribution in [2.45, 2.75) is 62.1 Å². The highest BCUT2D eigenvalue weighted by Gasteiger charge is 2.49. The molecule has 6 rings (SSSR count). The molecule has 0 spiro atoms. The maximum atomic E-state index is 15.0. The number of aliphatic hydroxyl groups excluding tert-OH is 4. The van der Waals surface area contributed by atoms with E-state index in [-0.39, 0.29) is 42.4 Å². The van der Waals surface area contributed by atoms with Crippen molar-refractivity contribution >= 4 is 0 Å². The number of ether oxygens (including phenoxy) is 3. The van der Waals surface area contributed by atoms with Crippen molar-refractivity contribution in [2.24, 2.45) is 0 Å². The minimum absolute atomic E-state index is 0.0679. The Morgan fingerprint density at radius 2 is 1.67 bits per heavy atom. The monoisotopic (exact) mass is 597 g/mol. The average molecular weight is 598 g/mol. The Morgan fingerprint density at radius 1 is 0.930 bits per heavy atom. The molecule has 3 heterocycles. The second-order valence-corrected chi connectivity index (χ2v) is 11.5. The van der Waals surface area contributed by atoms with E-state index < -0.39 is 54.0 Å². The van der Waals surface area contributed by atoms with Crippen LogP contribution in [0.1, 0.15) is 39.9 Å². The van der Waals surface area contributed by atoms with Crippen LogP contribution < -0.4 is 9.47 Å². The normalized spacial score (nSPS) is 31.4. The van der Waals surface area contributed by atoms with Crippen LogP contribution in [0.25, 0.3) is 0 Å². The van der Waals surface area contributed by atoms with Crippen molar-refractivity contribution < 1.29 is 54.6 Å². The largest absolute Gasteiger partial charge is 0.632 e. The SMILES string of the molecule is COc1cc2c(cc1O)[C@H]1Cc3ccc(O[C@@H]4O[C@H](CO)[C@@H](O)[C@H](O)[C@H]4O)c(O)c3[C@H](Cc3ccc(O)cc3)[N@@+]1([O-])CC2. The summed E-state index contributed by atoms with van der Waals surface area (Å²) in [5.74, 6) is -0.0982. The maximum absolute atomic E-state index is 15.0. The molecule has 1 saturated heterocycles. The smallest absolute Gasteiger partial charge is 0.229 e. The molecule has 3 aliphatic heterocycles. The van der Waals surface area contributed by atoms with Gasteiger partial charge in [0.2, 0.25) is 6.29 Å². The van der Waals surface area contributed by atoms with E-state index in [1.165, 1.54) is 25.3 Å². The lowest BCUT2D eigenvalue weighted by Crippen LogP contribution is -2.60. The Bertz CT molecular complexity index is 1500. The molecule has 0 aliphatic carbocycles. The summed E-state index contributed by atoms with van der Waals surface area (Å²) in [5, 5.41) is 87.5. The Kier molecular flexibility index (Phi) is 7.63. The highest BCUT2D eigenvalue weighted by molar-refractivity contribution is 5.54. The molecule has 0 unspecified atom stereocenters. The number of phenols is 3. The molecule has 0 radical (unpaired) electrons. The Morgan fingerprint density at radius 3 is 2.37 bits per heavy atom. The molecule has 12 nitrogen and oxygen atoms in total. The fraction of sp³-hybridized carbons (Fsp3) is 0.419. The number of fused-ring (bicyclic) bond motifs is 4. The van der Waals surface area contributed by atoms with E-state index in [4.69, 9.17) is 14.2 Å². The first-order valence-electron chi connectivity index (χ1n) is 14.1. The summed E-state index contributed by atoms with van der Waals surface area (Å²) in [6, 6.07) is 11.6. The van der Waals surface area contributed by atoms with E-state index in [1.807, 2.05) is 0 Å². The molecule has 3 aliphatic rings. The van der Waals surface area contributed by atoms with Crippen LogP contribution in [0.3, 0.4) is 0 Å². The minimum Gasteiger partial charge on any atom is -0.632 e. The van der Waals surface area contributed by atoms with Gasteiger partial charge in [0.15, 0.2) is 23.0 Å². The Balaban J connectivity index is 1.43. The van der Waals surface area contributed by atoms with Gasteiger partial charge in [-0.3, -0.25) is 0 Å². The van der Waals surface area contributed by atoms with E-state index in [1.54, 1.807) is 30.3 Å². The average Bonchev–Trinajstić information content (AvgIpc) is 3.00. The van der Waals surface area contributed by atoms with Crippen LogP contribution in [0.2, 0.25) is 0 Å². The Hall–Kier alpha value is -3.62. The Labute approximate surface area is 247 Å². The zero-order valence-electron chi connectivity index (χ0n) is 23.4. The van der Waals surface area contributed by atoms with Gasteiger partial charge in [0.1, 0.15) is 42.2 Å². The number of hydrogen-bond donors (Lipinski definition) is 7. The van der Waals surface area contributed by atoms with Crippen LogP contribution in [0.4, 0.5) is 0 Å². The molecule has 0 saturated carbocycles. The van der Waals surface area contributed by atoms with E-state index >= 15 is 5.21 Å². The number of methoxy groups -OCH3 is 1. The van der Waals surface area contributed by atoms with Gasteiger partial charge >= 0.3 is 0 Å². The van der Waals surface area contributed by atoms with Crippen molar-refractivity contribution in [1.82, 2.24) is 0 Å². The number of aromatic hydroxyl groups is 3. The van der Waals surface area contributed by atoms with Gasteiger partial charge in [0.25, 0.3) is 0 Å². The third-order valence-electron chi connectivity index (χ3n) is 9.06. The van der Waals surface area contributed by atoms with Gasteiger partial charge in [0.05, 0.1) is 25.8 Å². The highest BCUT2D eigenvalue weighted by atomic mass is 16.7. The van der Waals surface area contributed by atoms with E-state index in [9.17, 15) is 35.7 Å². The number of rotatable bonds is 6. The second kappa shape index (κ2) is 11.1. The first-order chi connectivity index (χ1) is 20.5. The first-order valence-corrected chi connectivity index (χ1v) is 14.1. The number of hydroxylamine groups is 3. The molecular formula is C31H35NO11. The maximum Gasteiger partial charge on any atom is 0.229 e. The molecule has 0 aromatic heterocycles. The molecule has 1 fully saturated rings. The van der Waals surface area contributed by atoms with Gasteiger partial charge in [-0.1, -0.05) is 18.2 Å². The molecular weight excluding hydrogens is 562 g/mol. The van der Waals surface area contributed by atoms with Gasteiger partial charge in [-0.2, -0.15) is 0 Å². The van der Waals surface area contributed by atoms with E-state index in [2.05, 4.69) is 0 Å². The molecule has 8 atom stereocenters. The predicted octanol–water partition coefficient (Wildman–Crippen LogP) is 1.44. The molecule has 0 amide bonds. The number of hydrogen-bond acceptors (Lipinski definition) is 11. The van der Waals surface area contributed by atoms with Crippen molar-refractivity contribution in [3.8, 4) is 28.7 Å². The minimum atomic E-state index is -1.69. The van der Waals surface area contributed by atoms with Crippen molar-refractivity contribution in [3.63, 3.8) is 0 Å². The standard InChI is InChI=1S/C31H35NO11/c1-41-24-12-16-8-9-32(40)20(19(16)13-22(24)35)11-17-4-7-23(42-31-30(39)29(38)28(37)25(14-33)43-31)27(36)26(17)21(32)10-15-2-5-18(34)6-3-15/h2-7,12-13,20-21,25,28-31,33-39H,8-11,14H2,1H3/t20-,21+,25-,28-,29+,30-,31-,32-/m1/s1. The number of nitrogens with zero attached hydrogens (tertiary/aromatic N) is 1. The van der Waals surface area contributed by atoms with Gasteiger partial charge in [-0.25, -0.2) is 0 Å². The highest BCUT2D eigenvalue weighted by Crippen LogP contribution is 2.55. The number of phenolic OH excluding ortho intramolecular Hbond substituents is 3. The number of benzene rings is 3. The van der Waals surface area contributed by atoms with Gasteiger partial charge in [0, 0.05) is 24.8 Å². The summed E-state index contributed by atoms with van der Waals surface area (Å²) in [5.41, 5.74) is 3.43. The summed E-state index contributed by atoms with van der Waals surface area (Å²) in [7, 11) is 1.47. The molecule has 0 bridgehead atoms. The summed E-state index contributed by atoms with van der Waals surface area (Å²) >= 11 is 0. The molecule has 230 valence electrons. The van der Waals surface area contributed by atoms with Crippen LogP contribution >= 0.6 is 0 Å². The molecule has 3 aromatic rings. The topological polar surface area (TPSA) is 192 Å². The zero-order valence-corrected chi connectivity index (χ0v) is 23.4. The lowest BCUT2D eigenvalue weighted by molar-refractivity contribution is -0.945. The van der Waals surface area contributed by atoms with E-state index in [0.717, 1.165) is 11.1 Å². The fourth-order valence-electron chi connectivity index (χ4n) is 6.74. The van der Waals surface area contributed by atoms with Gasteiger partial charge in [-0.15, -0.1) is 0 Å². The van der Waals surface area contributed by atoms with Crippen molar-refractivity contribution in [3.05, 3.63) is 81.6 Å². The number of aliphatic hydroxyl groups is 4. The van der Waals surface area contributed by atoms with Gasteiger partial charge < -0.3 is 59.8 Å². The van der Waals surface area contributed by atoms with Crippen molar-refractivity contribution in [2.75, 3.05) is 20.3 Å². The lowest BCUT2D eigenvalue weighted by Gasteiger charge is -2.59. The van der Waals surface area contributed by atoms with Crippen LogP contribution in [-0.4, -0.2) is 91.4 Å². The molecule has 3 aromatic carbocycles. The summed E-state index contributed by atoms with van der Waals surface area (Å²) in [4.78, 5) is 0. The van der Waals surface area contributed by atoms with Crippen LogP contribution in [0, 0.1) is 5.21 Å². The van der Waals surface area contributed by atoms with Crippen LogP contribution in [0.5, 0.6) is 28.7 Å².